The Bertz CT molecular complexity index is 779. The van der Waals surface area contributed by atoms with E-state index in [4.69, 9.17) is 17.3 Å². The fourth-order valence-electron chi connectivity index (χ4n) is 1.81. The molecule has 0 aliphatic rings. The Hall–Kier alpha value is -1.63. The van der Waals surface area contributed by atoms with E-state index in [2.05, 4.69) is 4.72 Å². The Morgan fingerprint density at radius 3 is 2.57 bits per heavy atom. The van der Waals surface area contributed by atoms with E-state index in [1.165, 1.54) is 12.1 Å². The summed E-state index contributed by atoms with van der Waals surface area (Å²) in [7, 11) is -4.06. The largest absolute Gasteiger partial charge is 0.326 e. The van der Waals surface area contributed by atoms with Crippen molar-refractivity contribution in [2.24, 2.45) is 5.73 Å². The molecule has 0 saturated carbocycles. The molecule has 4 nitrogen and oxygen atoms in total. The van der Waals surface area contributed by atoms with Crippen LogP contribution in [0.5, 0.6) is 0 Å². The Kier molecular flexibility index (Phi) is 4.51. The Morgan fingerprint density at radius 1 is 1.24 bits per heavy atom. The monoisotopic (exact) mass is 328 g/mol. The SMILES string of the molecule is Cc1ccc(Cl)c(NS(=O)(=O)c2ccc(CN)cc2F)c1. The predicted molar refractivity (Wildman–Crippen MR) is 81.3 cm³/mol. The molecular weight excluding hydrogens is 315 g/mol. The fourth-order valence-corrected chi connectivity index (χ4v) is 3.16. The average Bonchev–Trinajstić information content (AvgIpc) is 2.42. The Morgan fingerprint density at radius 2 is 1.95 bits per heavy atom. The number of aryl methyl sites for hydroxylation is 1. The van der Waals surface area contributed by atoms with E-state index < -0.39 is 20.7 Å². The quantitative estimate of drug-likeness (QED) is 0.906. The van der Waals surface area contributed by atoms with Crippen molar-refractivity contribution in [3.8, 4) is 0 Å². The van der Waals surface area contributed by atoms with Crippen LogP contribution in [0.3, 0.4) is 0 Å². The van der Waals surface area contributed by atoms with E-state index in [1.807, 2.05) is 0 Å². The molecule has 0 unspecified atom stereocenters. The number of halogens is 2. The molecule has 0 radical (unpaired) electrons. The predicted octanol–water partition coefficient (Wildman–Crippen LogP) is 3.05. The average molecular weight is 329 g/mol. The minimum Gasteiger partial charge on any atom is -0.326 e. The third kappa shape index (κ3) is 3.53. The van der Waals surface area contributed by atoms with Crippen LogP contribution in [-0.4, -0.2) is 8.42 Å². The number of nitrogens with two attached hydrogens (primary N) is 1. The van der Waals surface area contributed by atoms with E-state index in [0.29, 0.717) is 5.56 Å². The van der Waals surface area contributed by atoms with E-state index in [0.717, 1.165) is 11.6 Å². The first-order valence-corrected chi connectivity index (χ1v) is 7.97. The number of benzene rings is 2. The highest BCUT2D eigenvalue weighted by Gasteiger charge is 2.20. The fraction of sp³-hybridized carbons (Fsp3) is 0.143. The van der Waals surface area contributed by atoms with Gasteiger partial charge in [0.1, 0.15) is 10.7 Å². The van der Waals surface area contributed by atoms with Gasteiger partial charge in [0.15, 0.2) is 0 Å². The molecule has 7 heteroatoms. The molecule has 0 spiro atoms. The van der Waals surface area contributed by atoms with Crippen molar-refractivity contribution in [2.45, 2.75) is 18.4 Å². The van der Waals surface area contributed by atoms with Gasteiger partial charge in [0.25, 0.3) is 10.0 Å². The molecule has 21 heavy (non-hydrogen) atoms. The Labute approximate surface area is 127 Å². The lowest BCUT2D eigenvalue weighted by Gasteiger charge is -2.11. The van der Waals surface area contributed by atoms with Crippen LogP contribution in [-0.2, 0) is 16.6 Å². The third-order valence-corrected chi connectivity index (χ3v) is 4.62. The molecule has 0 bridgehead atoms. The van der Waals surface area contributed by atoms with E-state index in [-0.39, 0.29) is 17.3 Å². The molecule has 0 aliphatic carbocycles. The van der Waals surface area contributed by atoms with Gasteiger partial charge in [-0.1, -0.05) is 23.7 Å². The summed E-state index contributed by atoms with van der Waals surface area (Å²) in [6.07, 6.45) is 0. The molecule has 0 amide bonds. The first-order valence-electron chi connectivity index (χ1n) is 6.11. The van der Waals surface area contributed by atoms with Crippen LogP contribution >= 0.6 is 11.6 Å². The lowest BCUT2D eigenvalue weighted by atomic mass is 10.2. The van der Waals surface area contributed by atoms with Gasteiger partial charge in [0, 0.05) is 6.54 Å². The number of hydrogen-bond donors (Lipinski definition) is 2. The van der Waals surface area contributed by atoms with Crippen molar-refractivity contribution in [1.82, 2.24) is 0 Å². The summed E-state index contributed by atoms with van der Waals surface area (Å²) in [6, 6.07) is 8.65. The minimum atomic E-state index is -4.06. The van der Waals surface area contributed by atoms with Crippen LogP contribution in [0.1, 0.15) is 11.1 Å². The van der Waals surface area contributed by atoms with E-state index in [9.17, 15) is 12.8 Å². The first-order chi connectivity index (χ1) is 9.83. The first kappa shape index (κ1) is 15.8. The number of anilines is 1. The lowest BCUT2D eigenvalue weighted by Crippen LogP contribution is -2.15. The van der Waals surface area contributed by atoms with Gasteiger partial charge >= 0.3 is 0 Å². The zero-order chi connectivity index (χ0) is 15.6. The number of sulfonamides is 1. The summed E-state index contributed by atoms with van der Waals surface area (Å²) < 4.78 is 40.7. The van der Waals surface area contributed by atoms with Gasteiger partial charge in [0.05, 0.1) is 10.7 Å². The summed E-state index contributed by atoms with van der Waals surface area (Å²) in [5.74, 6) is -0.853. The van der Waals surface area contributed by atoms with Gasteiger partial charge in [-0.25, -0.2) is 12.8 Å². The summed E-state index contributed by atoms with van der Waals surface area (Å²) in [5.41, 5.74) is 6.94. The second-order valence-electron chi connectivity index (χ2n) is 4.56. The van der Waals surface area contributed by atoms with Gasteiger partial charge < -0.3 is 5.73 Å². The van der Waals surface area contributed by atoms with Gasteiger partial charge in [-0.15, -0.1) is 0 Å². The second kappa shape index (κ2) is 6.01. The highest BCUT2D eigenvalue weighted by Crippen LogP contribution is 2.26. The highest BCUT2D eigenvalue weighted by atomic mass is 35.5. The zero-order valence-electron chi connectivity index (χ0n) is 11.2. The molecule has 2 aromatic carbocycles. The van der Waals surface area contributed by atoms with Crippen molar-refractivity contribution < 1.29 is 12.8 Å². The smallest absolute Gasteiger partial charge is 0.264 e. The van der Waals surface area contributed by atoms with Crippen molar-refractivity contribution in [1.29, 1.82) is 0 Å². The van der Waals surface area contributed by atoms with Crippen LogP contribution in [0.4, 0.5) is 10.1 Å². The molecule has 0 saturated heterocycles. The maximum Gasteiger partial charge on any atom is 0.264 e. The molecule has 112 valence electrons. The van der Waals surface area contributed by atoms with E-state index >= 15 is 0 Å². The maximum atomic E-state index is 13.9. The van der Waals surface area contributed by atoms with Gasteiger partial charge in [0.2, 0.25) is 0 Å². The molecule has 0 atom stereocenters. The molecule has 0 fully saturated rings. The Balaban J connectivity index is 2.41. The zero-order valence-corrected chi connectivity index (χ0v) is 12.8. The molecule has 0 aromatic heterocycles. The van der Waals surface area contributed by atoms with Crippen LogP contribution < -0.4 is 10.5 Å². The van der Waals surface area contributed by atoms with Crippen molar-refractivity contribution in [3.05, 3.63) is 58.4 Å². The normalized spacial score (nSPS) is 11.4. The standard InChI is InChI=1S/C14H14ClFN2O2S/c1-9-2-4-11(15)13(6-9)18-21(19,20)14-5-3-10(8-17)7-12(14)16/h2-7,18H,8,17H2,1H3. The molecule has 0 aliphatic heterocycles. The van der Waals surface area contributed by atoms with Crippen molar-refractivity contribution in [3.63, 3.8) is 0 Å². The molecular formula is C14H14ClFN2O2S. The van der Waals surface area contributed by atoms with Crippen LogP contribution in [0.25, 0.3) is 0 Å². The molecule has 0 heterocycles. The third-order valence-electron chi connectivity index (χ3n) is 2.89. The van der Waals surface area contributed by atoms with Crippen LogP contribution in [0.2, 0.25) is 5.02 Å². The molecule has 2 rings (SSSR count). The minimum absolute atomic E-state index is 0.133. The summed E-state index contributed by atoms with van der Waals surface area (Å²) in [5, 5.41) is 0.239. The number of rotatable bonds is 4. The summed E-state index contributed by atoms with van der Waals surface area (Å²) in [6.45, 7) is 1.93. The van der Waals surface area contributed by atoms with Crippen molar-refractivity contribution in [2.75, 3.05) is 4.72 Å². The van der Waals surface area contributed by atoms with Gasteiger partial charge in [-0.3, -0.25) is 4.72 Å². The summed E-state index contributed by atoms with van der Waals surface area (Å²) in [4.78, 5) is -0.447. The van der Waals surface area contributed by atoms with Crippen molar-refractivity contribution >= 4 is 27.3 Å². The second-order valence-corrected chi connectivity index (χ2v) is 6.62. The van der Waals surface area contributed by atoms with Crippen LogP contribution in [0.15, 0.2) is 41.3 Å². The summed E-state index contributed by atoms with van der Waals surface area (Å²) >= 11 is 5.94. The van der Waals surface area contributed by atoms with E-state index in [1.54, 1.807) is 25.1 Å². The van der Waals surface area contributed by atoms with Gasteiger partial charge in [-0.2, -0.15) is 0 Å². The van der Waals surface area contributed by atoms with Gasteiger partial charge in [-0.05, 0) is 42.3 Å². The number of hydrogen-bond acceptors (Lipinski definition) is 3. The lowest BCUT2D eigenvalue weighted by molar-refractivity contribution is 0.569. The molecule has 3 N–H and O–H groups in total. The maximum absolute atomic E-state index is 13.9. The van der Waals surface area contributed by atoms with Crippen LogP contribution in [0, 0.1) is 12.7 Å². The topological polar surface area (TPSA) is 72.2 Å². The number of nitrogens with one attached hydrogen (secondary N) is 1. The highest BCUT2D eigenvalue weighted by molar-refractivity contribution is 7.92. The molecule has 2 aromatic rings.